The summed E-state index contributed by atoms with van der Waals surface area (Å²) >= 11 is 0. The number of para-hydroxylation sites is 1. The van der Waals surface area contributed by atoms with Gasteiger partial charge in [0.05, 0.1) is 6.61 Å². The standard InChI is InChI=1S/C15H17N3O2/c1-18(2)14-9-11(7-8-16-14)15(20)17-13-6-4-3-5-12(13)10-19/h3-9,19H,10H2,1-2H3,(H,17,20). The number of hydrogen-bond acceptors (Lipinski definition) is 4. The van der Waals surface area contributed by atoms with Gasteiger partial charge in [0.25, 0.3) is 5.91 Å². The van der Waals surface area contributed by atoms with E-state index in [0.717, 1.165) is 0 Å². The number of rotatable bonds is 4. The number of anilines is 2. The molecule has 2 rings (SSSR count). The number of carbonyl (C=O) groups is 1. The van der Waals surface area contributed by atoms with Crippen LogP contribution in [-0.2, 0) is 6.61 Å². The Morgan fingerprint density at radius 2 is 2.05 bits per heavy atom. The smallest absolute Gasteiger partial charge is 0.255 e. The number of aliphatic hydroxyl groups excluding tert-OH is 1. The van der Waals surface area contributed by atoms with Gasteiger partial charge in [0.1, 0.15) is 5.82 Å². The van der Waals surface area contributed by atoms with Crippen LogP contribution in [-0.4, -0.2) is 30.1 Å². The number of benzene rings is 1. The van der Waals surface area contributed by atoms with Crippen molar-refractivity contribution < 1.29 is 9.90 Å². The maximum absolute atomic E-state index is 12.2. The lowest BCUT2D eigenvalue weighted by Crippen LogP contribution is -2.16. The number of pyridine rings is 1. The Morgan fingerprint density at radius 1 is 1.30 bits per heavy atom. The van der Waals surface area contributed by atoms with Crippen LogP contribution in [0.2, 0.25) is 0 Å². The van der Waals surface area contributed by atoms with E-state index in [2.05, 4.69) is 10.3 Å². The monoisotopic (exact) mass is 271 g/mol. The quantitative estimate of drug-likeness (QED) is 0.891. The minimum atomic E-state index is -0.226. The lowest BCUT2D eigenvalue weighted by atomic mass is 10.1. The van der Waals surface area contributed by atoms with Gasteiger partial charge in [-0.25, -0.2) is 4.98 Å². The molecule has 0 unspecified atom stereocenters. The fourth-order valence-electron chi connectivity index (χ4n) is 1.78. The molecule has 0 aliphatic rings. The Bertz CT molecular complexity index is 612. The lowest BCUT2D eigenvalue weighted by molar-refractivity contribution is 0.102. The highest BCUT2D eigenvalue weighted by Gasteiger charge is 2.10. The first-order chi connectivity index (χ1) is 9.61. The molecule has 5 nitrogen and oxygen atoms in total. The van der Waals surface area contributed by atoms with Crippen LogP contribution in [0.5, 0.6) is 0 Å². The van der Waals surface area contributed by atoms with E-state index >= 15 is 0 Å². The molecule has 5 heteroatoms. The topological polar surface area (TPSA) is 65.5 Å². The molecular formula is C15H17N3O2. The molecule has 1 amide bonds. The third-order valence-electron chi connectivity index (χ3n) is 2.90. The van der Waals surface area contributed by atoms with Crippen LogP contribution >= 0.6 is 0 Å². The van der Waals surface area contributed by atoms with Crippen LogP contribution in [0, 0.1) is 0 Å². The number of aromatic nitrogens is 1. The molecule has 0 bridgehead atoms. The fraction of sp³-hybridized carbons (Fsp3) is 0.200. The Kier molecular flexibility index (Phi) is 4.32. The number of nitrogens with zero attached hydrogens (tertiary/aromatic N) is 2. The highest BCUT2D eigenvalue weighted by atomic mass is 16.3. The predicted octanol–water partition coefficient (Wildman–Crippen LogP) is 1.89. The average Bonchev–Trinajstić information content (AvgIpc) is 2.48. The summed E-state index contributed by atoms with van der Waals surface area (Å²) in [4.78, 5) is 18.2. The molecule has 1 heterocycles. The molecule has 0 spiro atoms. The van der Waals surface area contributed by atoms with Gasteiger partial charge >= 0.3 is 0 Å². The molecule has 104 valence electrons. The van der Waals surface area contributed by atoms with Crippen molar-refractivity contribution in [3.8, 4) is 0 Å². The number of aliphatic hydroxyl groups is 1. The number of nitrogens with one attached hydrogen (secondary N) is 1. The first-order valence-electron chi connectivity index (χ1n) is 6.25. The third kappa shape index (κ3) is 3.13. The zero-order valence-electron chi connectivity index (χ0n) is 11.5. The molecule has 0 saturated heterocycles. The highest BCUT2D eigenvalue weighted by molar-refractivity contribution is 6.05. The van der Waals surface area contributed by atoms with E-state index in [4.69, 9.17) is 0 Å². The Morgan fingerprint density at radius 3 is 2.75 bits per heavy atom. The van der Waals surface area contributed by atoms with E-state index in [-0.39, 0.29) is 12.5 Å². The third-order valence-corrected chi connectivity index (χ3v) is 2.90. The molecule has 0 atom stereocenters. The molecular weight excluding hydrogens is 254 g/mol. The maximum atomic E-state index is 12.2. The van der Waals surface area contributed by atoms with Gasteiger partial charge in [-0.15, -0.1) is 0 Å². The Balaban J connectivity index is 2.22. The van der Waals surface area contributed by atoms with E-state index in [0.29, 0.717) is 22.6 Å². The lowest BCUT2D eigenvalue weighted by Gasteiger charge is -2.13. The molecule has 1 aromatic heterocycles. The fourth-order valence-corrected chi connectivity index (χ4v) is 1.78. The molecule has 1 aromatic carbocycles. The summed E-state index contributed by atoms with van der Waals surface area (Å²) in [6.07, 6.45) is 1.60. The second-order valence-electron chi connectivity index (χ2n) is 4.57. The predicted molar refractivity (Wildman–Crippen MR) is 78.9 cm³/mol. The summed E-state index contributed by atoms with van der Waals surface area (Å²) in [5.74, 6) is 0.490. The van der Waals surface area contributed by atoms with E-state index in [1.165, 1.54) is 0 Å². The highest BCUT2D eigenvalue weighted by Crippen LogP contribution is 2.17. The Labute approximate surface area is 117 Å². The normalized spacial score (nSPS) is 10.2. The summed E-state index contributed by atoms with van der Waals surface area (Å²) in [6, 6.07) is 10.5. The number of amides is 1. The van der Waals surface area contributed by atoms with Crippen molar-refractivity contribution in [1.82, 2.24) is 4.98 Å². The first-order valence-corrected chi connectivity index (χ1v) is 6.25. The van der Waals surface area contributed by atoms with Crippen LogP contribution in [0.15, 0.2) is 42.6 Å². The van der Waals surface area contributed by atoms with Crippen LogP contribution < -0.4 is 10.2 Å². The zero-order valence-corrected chi connectivity index (χ0v) is 11.5. The molecule has 2 aromatic rings. The molecule has 2 N–H and O–H groups in total. The summed E-state index contributed by atoms with van der Waals surface area (Å²) in [5, 5.41) is 12.0. The number of carbonyl (C=O) groups excluding carboxylic acids is 1. The van der Waals surface area contributed by atoms with Crippen LogP contribution in [0.3, 0.4) is 0 Å². The van der Waals surface area contributed by atoms with Crippen molar-refractivity contribution in [2.75, 3.05) is 24.3 Å². The maximum Gasteiger partial charge on any atom is 0.255 e. The van der Waals surface area contributed by atoms with Crippen LogP contribution in [0.1, 0.15) is 15.9 Å². The van der Waals surface area contributed by atoms with Crippen molar-refractivity contribution >= 4 is 17.4 Å². The van der Waals surface area contributed by atoms with Gasteiger partial charge in [0, 0.05) is 37.1 Å². The summed E-state index contributed by atoms with van der Waals surface area (Å²) in [5.41, 5.74) is 1.82. The van der Waals surface area contributed by atoms with Gasteiger partial charge in [-0.3, -0.25) is 4.79 Å². The summed E-state index contributed by atoms with van der Waals surface area (Å²) in [6.45, 7) is -0.115. The second-order valence-corrected chi connectivity index (χ2v) is 4.57. The molecule has 20 heavy (non-hydrogen) atoms. The van der Waals surface area contributed by atoms with Crippen molar-refractivity contribution in [2.24, 2.45) is 0 Å². The van der Waals surface area contributed by atoms with E-state index in [1.807, 2.05) is 31.1 Å². The van der Waals surface area contributed by atoms with Crippen LogP contribution in [0.25, 0.3) is 0 Å². The number of hydrogen-bond donors (Lipinski definition) is 2. The summed E-state index contributed by atoms with van der Waals surface area (Å²) < 4.78 is 0. The van der Waals surface area contributed by atoms with Gasteiger partial charge < -0.3 is 15.3 Å². The van der Waals surface area contributed by atoms with E-state index in [1.54, 1.807) is 30.5 Å². The molecule has 0 saturated carbocycles. The zero-order chi connectivity index (χ0) is 14.5. The van der Waals surface area contributed by atoms with Crippen molar-refractivity contribution in [1.29, 1.82) is 0 Å². The van der Waals surface area contributed by atoms with Gasteiger partial charge in [-0.1, -0.05) is 18.2 Å². The first kappa shape index (κ1) is 14.0. The van der Waals surface area contributed by atoms with E-state index < -0.39 is 0 Å². The minimum absolute atomic E-state index is 0.115. The van der Waals surface area contributed by atoms with Gasteiger partial charge in [-0.2, -0.15) is 0 Å². The van der Waals surface area contributed by atoms with Gasteiger partial charge in [0.15, 0.2) is 0 Å². The van der Waals surface area contributed by atoms with E-state index in [9.17, 15) is 9.90 Å². The molecule has 0 fully saturated rings. The average molecular weight is 271 g/mol. The molecule has 0 radical (unpaired) electrons. The van der Waals surface area contributed by atoms with Crippen LogP contribution in [0.4, 0.5) is 11.5 Å². The summed E-state index contributed by atoms with van der Waals surface area (Å²) in [7, 11) is 3.73. The van der Waals surface area contributed by atoms with Crippen molar-refractivity contribution in [2.45, 2.75) is 6.61 Å². The van der Waals surface area contributed by atoms with Gasteiger partial charge in [0.2, 0.25) is 0 Å². The molecule has 0 aliphatic heterocycles. The minimum Gasteiger partial charge on any atom is -0.392 e. The largest absolute Gasteiger partial charge is 0.392 e. The van der Waals surface area contributed by atoms with Crippen molar-refractivity contribution in [3.05, 3.63) is 53.7 Å². The molecule has 0 aliphatic carbocycles. The Hall–Kier alpha value is -2.40. The van der Waals surface area contributed by atoms with Crippen molar-refractivity contribution in [3.63, 3.8) is 0 Å². The van der Waals surface area contributed by atoms with Gasteiger partial charge in [-0.05, 0) is 18.2 Å². The second kappa shape index (κ2) is 6.16. The SMILES string of the molecule is CN(C)c1cc(C(=O)Nc2ccccc2CO)ccn1.